The van der Waals surface area contributed by atoms with E-state index in [1.54, 1.807) is 7.11 Å². The molecule has 2 heterocycles. The number of carbonyl (C=O) groups excluding carboxylic acids is 1. The third-order valence-corrected chi connectivity index (χ3v) is 7.54. The Bertz CT molecular complexity index is 941. The van der Waals surface area contributed by atoms with Crippen molar-refractivity contribution in [3.05, 3.63) is 41.0 Å². The zero-order valence-corrected chi connectivity index (χ0v) is 19.8. The Kier molecular flexibility index (Phi) is 5.67. The van der Waals surface area contributed by atoms with E-state index < -0.39 is 0 Å². The minimum absolute atomic E-state index is 0.0151. The lowest BCUT2D eigenvalue weighted by Gasteiger charge is -2.43. The summed E-state index contributed by atoms with van der Waals surface area (Å²) in [4.78, 5) is 13.2. The van der Waals surface area contributed by atoms with E-state index in [0.29, 0.717) is 18.1 Å². The van der Waals surface area contributed by atoms with Gasteiger partial charge >= 0.3 is 0 Å². The van der Waals surface area contributed by atoms with Crippen LogP contribution in [0.2, 0.25) is 0 Å². The first-order valence-corrected chi connectivity index (χ1v) is 11.3. The molecule has 0 saturated heterocycles. The van der Waals surface area contributed by atoms with Gasteiger partial charge in [-0.3, -0.25) is 4.79 Å². The van der Waals surface area contributed by atoms with Crippen LogP contribution in [0.15, 0.2) is 29.9 Å². The van der Waals surface area contributed by atoms with E-state index in [4.69, 9.17) is 14.2 Å². The highest BCUT2D eigenvalue weighted by Crippen LogP contribution is 2.51. The van der Waals surface area contributed by atoms with Crippen molar-refractivity contribution in [2.45, 2.75) is 52.5 Å². The van der Waals surface area contributed by atoms with Crippen LogP contribution in [0.3, 0.4) is 0 Å². The Hall–Kier alpha value is -2.27. The van der Waals surface area contributed by atoms with E-state index in [-0.39, 0.29) is 24.0 Å². The van der Waals surface area contributed by atoms with Crippen LogP contribution in [-0.2, 0) is 11.2 Å². The van der Waals surface area contributed by atoms with Crippen LogP contribution < -0.4 is 14.2 Å². The maximum atomic E-state index is 13.2. The number of methoxy groups -OCH3 is 1. The van der Waals surface area contributed by atoms with Crippen LogP contribution in [-0.4, -0.2) is 44.8 Å². The first-order chi connectivity index (χ1) is 14.6. The summed E-state index contributed by atoms with van der Waals surface area (Å²) in [6, 6.07) is 2.09. The molecule has 3 aliphatic rings. The number of carbonyl (C=O) groups is 1. The molecule has 1 aliphatic carbocycles. The summed E-state index contributed by atoms with van der Waals surface area (Å²) >= 11 is 0. The lowest BCUT2D eigenvalue weighted by molar-refractivity contribution is -0.922. The summed E-state index contributed by atoms with van der Waals surface area (Å²) in [5.41, 5.74) is 3.85. The van der Waals surface area contributed by atoms with Crippen LogP contribution >= 0.6 is 0 Å². The van der Waals surface area contributed by atoms with E-state index in [1.165, 1.54) is 11.1 Å². The summed E-state index contributed by atoms with van der Waals surface area (Å²) in [6.45, 7) is 7.96. The molecule has 5 heteroatoms. The van der Waals surface area contributed by atoms with Gasteiger partial charge in [0.2, 0.25) is 12.5 Å². The van der Waals surface area contributed by atoms with E-state index in [0.717, 1.165) is 47.4 Å². The van der Waals surface area contributed by atoms with Gasteiger partial charge in [0, 0.05) is 12.3 Å². The molecular formula is C26H36NO4+. The summed E-state index contributed by atoms with van der Waals surface area (Å²) in [5.74, 6) is 2.62. The van der Waals surface area contributed by atoms with Gasteiger partial charge in [-0.25, -0.2) is 0 Å². The SMILES string of the molecule is COc1c2c(cc3c1C(CC(=O)C=CC1C(C)=CCCC1(C)C)[N+](C)(C)CC3)OCO2. The van der Waals surface area contributed by atoms with Gasteiger partial charge in [0.15, 0.2) is 17.3 Å². The number of likely N-dealkylation sites (N-methyl/N-ethyl adjacent to an activating group) is 1. The standard InChI is InChI=1S/C26H36NO4/c1-17-8-7-12-26(2,3)20(17)10-9-19(28)15-21-23-18(11-13-27(21,4)5)14-22-24(25(23)29-6)31-16-30-22/h8-10,14,20-21H,7,11-13,15-16H2,1-6H3/q+1. The van der Waals surface area contributed by atoms with Gasteiger partial charge in [-0.05, 0) is 42.9 Å². The normalized spacial score (nSPS) is 25.8. The summed E-state index contributed by atoms with van der Waals surface area (Å²) in [7, 11) is 6.07. The zero-order valence-electron chi connectivity index (χ0n) is 19.8. The minimum atomic E-state index is 0.0151. The lowest BCUT2D eigenvalue weighted by atomic mass is 9.68. The van der Waals surface area contributed by atoms with Gasteiger partial charge < -0.3 is 18.7 Å². The summed E-state index contributed by atoms with van der Waals surface area (Å²) in [6.07, 6.45) is 9.92. The number of hydrogen-bond donors (Lipinski definition) is 0. The maximum absolute atomic E-state index is 13.2. The van der Waals surface area contributed by atoms with Gasteiger partial charge in [-0.15, -0.1) is 0 Å². The molecule has 168 valence electrons. The molecule has 0 saturated carbocycles. The number of quaternary nitrogens is 1. The molecule has 0 aromatic heterocycles. The van der Waals surface area contributed by atoms with Crippen LogP contribution in [0.4, 0.5) is 0 Å². The second-order valence-electron chi connectivity index (χ2n) is 10.5. The van der Waals surface area contributed by atoms with E-state index in [2.05, 4.69) is 53.1 Å². The predicted octanol–water partition coefficient (Wildman–Crippen LogP) is 5.00. The van der Waals surface area contributed by atoms with Gasteiger partial charge in [-0.1, -0.05) is 31.6 Å². The average Bonchev–Trinajstić information content (AvgIpc) is 3.16. The Morgan fingerprint density at radius 3 is 2.81 bits per heavy atom. The summed E-state index contributed by atoms with van der Waals surface area (Å²) < 4.78 is 17.9. The Labute approximate surface area is 186 Å². The highest BCUT2D eigenvalue weighted by atomic mass is 16.7. The van der Waals surface area contributed by atoms with Crippen molar-refractivity contribution in [3.8, 4) is 17.2 Å². The van der Waals surface area contributed by atoms with Crippen molar-refractivity contribution in [2.75, 3.05) is 34.5 Å². The Morgan fingerprint density at radius 2 is 2.10 bits per heavy atom. The number of rotatable bonds is 5. The third-order valence-electron chi connectivity index (χ3n) is 7.54. The number of nitrogens with zero attached hydrogens (tertiary/aromatic N) is 1. The first kappa shape index (κ1) is 21.9. The molecule has 0 spiro atoms. The molecule has 0 fully saturated rings. The number of allylic oxidation sites excluding steroid dienone is 4. The van der Waals surface area contributed by atoms with Gasteiger partial charge in [-0.2, -0.15) is 0 Å². The Balaban J connectivity index is 1.63. The zero-order chi connectivity index (χ0) is 22.4. The fraction of sp³-hybridized carbons (Fsp3) is 0.577. The van der Waals surface area contributed by atoms with Crippen molar-refractivity contribution in [2.24, 2.45) is 11.3 Å². The van der Waals surface area contributed by atoms with Crippen molar-refractivity contribution in [1.29, 1.82) is 0 Å². The number of hydrogen-bond acceptors (Lipinski definition) is 4. The molecular weight excluding hydrogens is 390 g/mol. The molecule has 2 unspecified atom stereocenters. The van der Waals surface area contributed by atoms with Crippen LogP contribution in [0.1, 0.15) is 57.2 Å². The van der Waals surface area contributed by atoms with E-state index in [1.807, 2.05) is 6.08 Å². The average molecular weight is 427 g/mol. The largest absolute Gasteiger partial charge is 0.492 e. The van der Waals surface area contributed by atoms with Crippen LogP contribution in [0, 0.1) is 11.3 Å². The minimum Gasteiger partial charge on any atom is -0.492 e. The van der Waals surface area contributed by atoms with Gasteiger partial charge in [0.25, 0.3) is 0 Å². The van der Waals surface area contributed by atoms with Crippen molar-refractivity contribution in [1.82, 2.24) is 0 Å². The van der Waals surface area contributed by atoms with Crippen LogP contribution in [0.5, 0.6) is 17.2 Å². The van der Waals surface area contributed by atoms with Crippen molar-refractivity contribution >= 4 is 5.78 Å². The topological polar surface area (TPSA) is 44.8 Å². The van der Waals surface area contributed by atoms with Gasteiger partial charge in [0.1, 0.15) is 6.04 Å². The van der Waals surface area contributed by atoms with E-state index in [9.17, 15) is 4.79 Å². The van der Waals surface area contributed by atoms with Crippen molar-refractivity contribution in [3.63, 3.8) is 0 Å². The molecule has 31 heavy (non-hydrogen) atoms. The number of ether oxygens (including phenoxy) is 3. The monoisotopic (exact) mass is 426 g/mol. The quantitative estimate of drug-likeness (QED) is 0.378. The smallest absolute Gasteiger partial charge is 0.231 e. The number of fused-ring (bicyclic) bond motifs is 2. The molecule has 0 radical (unpaired) electrons. The fourth-order valence-electron chi connectivity index (χ4n) is 5.56. The molecule has 5 nitrogen and oxygen atoms in total. The van der Waals surface area contributed by atoms with Gasteiger partial charge in [0.05, 0.1) is 39.7 Å². The maximum Gasteiger partial charge on any atom is 0.231 e. The molecule has 0 amide bonds. The molecule has 0 N–H and O–H groups in total. The second kappa shape index (κ2) is 8.01. The molecule has 0 bridgehead atoms. The van der Waals surface area contributed by atoms with E-state index >= 15 is 0 Å². The summed E-state index contributed by atoms with van der Waals surface area (Å²) in [5, 5.41) is 0. The number of benzene rings is 1. The predicted molar refractivity (Wildman–Crippen MR) is 122 cm³/mol. The second-order valence-corrected chi connectivity index (χ2v) is 10.5. The molecule has 4 rings (SSSR count). The van der Waals surface area contributed by atoms with Crippen molar-refractivity contribution < 1.29 is 23.5 Å². The molecule has 1 aromatic rings. The molecule has 2 aliphatic heterocycles. The Morgan fingerprint density at radius 1 is 1.32 bits per heavy atom. The third kappa shape index (κ3) is 4.00. The first-order valence-electron chi connectivity index (χ1n) is 11.3. The van der Waals surface area contributed by atoms with Crippen LogP contribution in [0.25, 0.3) is 0 Å². The number of ketones is 1. The highest BCUT2D eigenvalue weighted by Gasteiger charge is 2.42. The lowest BCUT2D eigenvalue weighted by Crippen LogP contribution is -2.48. The molecule has 2 atom stereocenters. The fourth-order valence-corrected chi connectivity index (χ4v) is 5.56. The molecule has 1 aromatic carbocycles. The highest BCUT2D eigenvalue weighted by molar-refractivity contribution is 5.90.